The van der Waals surface area contributed by atoms with E-state index in [1.807, 2.05) is 40.4 Å². The summed E-state index contributed by atoms with van der Waals surface area (Å²) >= 11 is 1.59. The van der Waals surface area contributed by atoms with Gasteiger partial charge in [-0.25, -0.2) is 4.98 Å². The topological polar surface area (TPSA) is 67.7 Å². The fourth-order valence-corrected chi connectivity index (χ4v) is 5.68. The average Bonchev–Trinajstić information content (AvgIpc) is 3.21. The molecule has 7 nitrogen and oxygen atoms in total. The number of carbonyl (C=O) groups is 1. The second kappa shape index (κ2) is 7.59. The Morgan fingerprint density at radius 2 is 2.13 bits per heavy atom. The maximum Gasteiger partial charge on any atom is 0.255 e. The molecule has 0 spiro atoms. The number of fused-ring (bicyclic) bond motifs is 4. The van der Waals surface area contributed by atoms with Gasteiger partial charge in [0.2, 0.25) is 5.91 Å². The minimum atomic E-state index is -0.364. The minimum absolute atomic E-state index is 0.117. The smallest absolute Gasteiger partial charge is 0.255 e. The van der Waals surface area contributed by atoms with Crippen LogP contribution in [0.4, 0.5) is 0 Å². The number of pyridine rings is 1. The monoisotopic (exact) mass is 428 g/mol. The second-order valence-corrected chi connectivity index (χ2v) is 10.1. The molecule has 2 fully saturated rings. The van der Waals surface area contributed by atoms with Crippen LogP contribution in [0.15, 0.2) is 27.8 Å². The third-order valence-corrected chi connectivity index (χ3v) is 7.32. The highest BCUT2D eigenvalue weighted by molar-refractivity contribution is 7.07. The van der Waals surface area contributed by atoms with Crippen LogP contribution in [0, 0.1) is 11.3 Å². The van der Waals surface area contributed by atoms with Gasteiger partial charge < -0.3 is 14.2 Å². The Kier molecular flexibility index (Phi) is 5.03. The second-order valence-electron chi connectivity index (χ2n) is 9.41. The van der Waals surface area contributed by atoms with E-state index in [9.17, 15) is 9.59 Å². The van der Waals surface area contributed by atoms with E-state index >= 15 is 0 Å². The first-order chi connectivity index (χ1) is 14.4. The number of amides is 1. The number of hydrogen-bond donors (Lipinski definition) is 0. The van der Waals surface area contributed by atoms with Crippen LogP contribution in [0.3, 0.4) is 0 Å². The van der Waals surface area contributed by atoms with Gasteiger partial charge in [-0.3, -0.25) is 14.5 Å². The Morgan fingerprint density at radius 3 is 2.83 bits per heavy atom. The summed E-state index contributed by atoms with van der Waals surface area (Å²) in [6.07, 6.45) is 1.06. The number of likely N-dealkylation sites (tertiary alicyclic amines) is 1. The van der Waals surface area contributed by atoms with Gasteiger partial charge in [-0.2, -0.15) is 0 Å². The number of thiazole rings is 1. The van der Waals surface area contributed by atoms with Crippen LogP contribution in [-0.2, 0) is 29.2 Å². The van der Waals surface area contributed by atoms with Crippen LogP contribution in [0.5, 0.6) is 0 Å². The van der Waals surface area contributed by atoms with Crippen molar-refractivity contribution in [2.24, 2.45) is 11.3 Å². The van der Waals surface area contributed by atoms with Gasteiger partial charge in [-0.15, -0.1) is 11.3 Å². The van der Waals surface area contributed by atoms with E-state index < -0.39 is 0 Å². The molecule has 2 aromatic rings. The van der Waals surface area contributed by atoms with E-state index in [-0.39, 0.29) is 22.8 Å². The van der Waals surface area contributed by atoms with Crippen molar-refractivity contribution in [3.05, 3.63) is 50.3 Å². The molecule has 160 valence electrons. The van der Waals surface area contributed by atoms with Crippen molar-refractivity contribution in [2.45, 2.75) is 38.9 Å². The Hall–Kier alpha value is -2.03. The van der Waals surface area contributed by atoms with Gasteiger partial charge in [-0.1, -0.05) is 6.07 Å². The van der Waals surface area contributed by atoms with Gasteiger partial charge in [0.1, 0.15) is 0 Å². The summed E-state index contributed by atoms with van der Waals surface area (Å²) in [6, 6.07) is 4.09. The summed E-state index contributed by atoms with van der Waals surface area (Å²) in [6.45, 7) is 6.51. The van der Waals surface area contributed by atoms with Gasteiger partial charge >= 0.3 is 0 Å². The quantitative estimate of drug-likeness (QED) is 0.728. The predicted octanol–water partition coefficient (Wildman–Crippen LogP) is 1.92. The molecule has 0 aromatic carbocycles. The molecule has 8 heteroatoms. The van der Waals surface area contributed by atoms with Crippen LogP contribution < -0.4 is 5.56 Å². The highest BCUT2D eigenvalue weighted by Gasteiger charge is 2.46. The molecule has 2 saturated heterocycles. The lowest BCUT2D eigenvalue weighted by atomic mass is 9.80. The van der Waals surface area contributed by atoms with Gasteiger partial charge in [0.15, 0.2) is 0 Å². The minimum Gasteiger partial charge on any atom is -0.379 e. The van der Waals surface area contributed by atoms with Crippen molar-refractivity contribution in [1.29, 1.82) is 0 Å². The normalized spacial score (nSPS) is 24.4. The van der Waals surface area contributed by atoms with Gasteiger partial charge in [0.25, 0.3) is 5.56 Å². The number of piperidine rings is 1. The maximum atomic E-state index is 13.2. The van der Waals surface area contributed by atoms with Crippen LogP contribution >= 0.6 is 11.3 Å². The van der Waals surface area contributed by atoms with E-state index in [2.05, 4.69) is 16.0 Å². The van der Waals surface area contributed by atoms with Crippen LogP contribution in [0.25, 0.3) is 0 Å². The van der Waals surface area contributed by atoms with Crippen molar-refractivity contribution in [1.82, 2.24) is 19.4 Å². The van der Waals surface area contributed by atoms with Crippen molar-refractivity contribution in [2.75, 3.05) is 33.4 Å². The number of aromatic nitrogens is 2. The van der Waals surface area contributed by atoms with Crippen molar-refractivity contribution >= 4 is 17.2 Å². The predicted molar refractivity (Wildman–Crippen MR) is 114 cm³/mol. The molecule has 0 aliphatic carbocycles. The summed E-state index contributed by atoms with van der Waals surface area (Å²) in [5.74, 6) is 0.783. The highest BCUT2D eigenvalue weighted by atomic mass is 32.1. The average molecular weight is 429 g/mol. The van der Waals surface area contributed by atoms with Gasteiger partial charge in [0, 0.05) is 55.3 Å². The molecule has 2 bridgehead atoms. The molecule has 0 saturated carbocycles. The van der Waals surface area contributed by atoms with Crippen LogP contribution in [0.2, 0.25) is 0 Å². The first-order valence-electron chi connectivity index (χ1n) is 10.6. The van der Waals surface area contributed by atoms with E-state index in [0.29, 0.717) is 38.8 Å². The zero-order valence-corrected chi connectivity index (χ0v) is 18.4. The van der Waals surface area contributed by atoms with Crippen molar-refractivity contribution in [3.63, 3.8) is 0 Å². The first-order valence-corrected chi connectivity index (χ1v) is 11.5. The van der Waals surface area contributed by atoms with Crippen LogP contribution in [-0.4, -0.2) is 58.6 Å². The molecule has 5 rings (SSSR count). The summed E-state index contributed by atoms with van der Waals surface area (Å²) in [4.78, 5) is 34.7. The van der Waals surface area contributed by atoms with Crippen LogP contribution in [0.1, 0.15) is 36.2 Å². The van der Waals surface area contributed by atoms with E-state index in [4.69, 9.17) is 4.74 Å². The van der Waals surface area contributed by atoms with Crippen molar-refractivity contribution in [3.8, 4) is 0 Å². The molecule has 2 atom stereocenters. The largest absolute Gasteiger partial charge is 0.379 e. The third kappa shape index (κ3) is 3.50. The number of nitrogens with zero attached hydrogens (tertiary/aromatic N) is 4. The molecule has 0 unspecified atom stereocenters. The molecule has 2 aromatic heterocycles. The summed E-state index contributed by atoms with van der Waals surface area (Å²) < 4.78 is 7.27. The van der Waals surface area contributed by atoms with Crippen molar-refractivity contribution < 1.29 is 9.53 Å². The standard InChI is InChI=1S/C22H28N4O3S/c1-22(12-29-13-22)21(28)25-6-15-5-17(9-25)19-4-3-16(20(27)26(19)7-15)8-24(2)10-18-11-30-14-23-18/h3-4,11,14-15,17H,5-10,12-13H2,1-2H3/t15-,17+/m0/s1. The fraction of sp³-hybridized carbons (Fsp3) is 0.591. The Balaban J connectivity index is 1.33. The third-order valence-electron chi connectivity index (χ3n) is 6.68. The molecular weight excluding hydrogens is 400 g/mol. The van der Waals surface area contributed by atoms with E-state index in [0.717, 1.165) is 36.5 Å². The maximum absolute atomic E-state index is 13.2. The number of carbonyl (C=O) groups excluding carboxylic acids is 1. The lowest BCUT2D eigenvalue weighted by Crippen LogP contribution is -2.57. The fourth-order valence-electron chi connectivity index (χ4n) is 5.13. The number of hydrogen-bond acceptors (Lipinski definition) is 6. The SMILES string of the molecule is CN(Cc1cscn1)Cc1ccc2n(c1=O)C[C@H]1C[C@@H]2CN(C(=O)C2(C)COC2)C1. The molecule has 0 N–H and O–H groups in total. The molecule has 1 amide bonds. The Labute approximate surface area is 180 Å². The zero-order chi connectivity index (χ0) is 20.9. The van der Waals surface area contributed by atoms with Gasteiger partial charge in [-0.05, 0) is 32.4 Å². The number of rotatable bonds is 5. The molecule has 5 heterocycles. The first kappa shape index (κ1) is 19.9. The van der Waals surface area contributed by atoms with Gasteiger partial charge in [0.05, 0.1) is 29.8 Å². The lowest BCUT2D eigenvalue weighted by Gasteiger charge is -2.47. The summed E-state index contributed by atoms with van der Waals surface area (Å²) in [5.41, 5.74) is 4.52. The highest BCUT2D eigenvalue weighted by Crippen LogP contribution is 2.38. The Morgan fingerprint density at radius 1 is 1.30 bits per heavy atom. The summed E-state index contributed by atoms with van der Waals surface area (Å²) in [7, 11) is 2.02. The zero-order valence-electron chi connectivity index (χ0n) is 17.5. The number of ether oxygens (including phenoxy) is 1. The molecule has 30 heavy (non-hydrogen) atoms. The molecule has 0 radical (unpaired) electrons. The van der Waals surface area contributed by atoms with E-state index in [1.165, 1.54) is 0 Å². The molecule has 3 aliphatic heterocycles. The summed E-state index contributed by atoms with van der Waals surface area (Å²) in [5, 5.41) is 2.04. The lowest BCUT2D eigenvalue weighted by molar-refractivity contribution is -0.171. The molecular formula is C22H28N4O3S. The molecule has 3 aliphatic rings. The van der Waals surface area contributed by atoms with E-state index in [1.54, 1.807) is 11.3 Å². The Bertz CT molecular complexity index is 998.